The Hall–Kier alpha value is -2.31. The monoisotopic (exact) mass is 431 g/mol. The molecular formula is C25H31F2NO3. The fourth-order valence-electron chi connectivity index (χ4n) is 4.01. The maximum absolute atomic E-state index is 13.3. The van der Waals surface area contributed by atoms with E-state index in [4.69, 9.17) is 9.47 Å². The molecule has 0 amide bonds. The van der Waals surface area contributed by atoms with Crippen LogP contribution in [0.4, 0.5) is 8.78 Å². The molecule has 168 valence electrons. The van der Waals surface area contributed by atoms with Crippen LogP contribution in [-0.4, -0.2) is 43.7 Å². The van der Waals surface area contributed by atoms with Crippen LogP contribution >= 0.6 is 0 Å². The number of carbonyl (C=O) groups excluding carboxylic acids is 1. The van der Waals surface area contributed by atoms with Gasteiger partial charge in [0, 0.05) is 13.0 Å². The van der Waals surface area contributed by atoms with Crippen molar-refractivity contribution in [3.63, 3.8) is 0 Å². The highest BCUT2D eigenvalue weighted by molar-refractivity contribution is 5.69. The second kappa shape index (κ2) is 11.9. The van der Waals surface area contributed by atoms with Gasteiger partial charge in [0.2, 0.25) is 0 Å². The van der Waals surface area contributed by atoms with Gasteiger partial charge in [-0.1, -0.05) is 24.3 Å². The molecule has 0 saturated carbocycles. The first kappa shape index (κ1) is 23.4. The molecule has 0 aliphatic carbocycles. The molecule has 0 unspecified atom stereocenters. The smallest absolute Gasteiger partial charge is 0.305 e. The second-order valence-corrected chi connectivity index (χ2v) is 7.98. The SMILES string of the molecule is CCOC(=O)CCC1CCN(CCOC(c2ccc(F)cc2)c2ccc(F)cc2)CC1. The molecule has 1 saturated heterocycles. The van der Waals surface area contributed by atoms with Gasteiger partial charge in [-0.05, 0) is 80.6 Å². The molecule has 0 atom stereocenters. The summed E-state index contributed by atoms with van der Waals surface area (Å²) in [6.07, 6.45) is 3.15. The average Bonchev–Trinajstić information content (AvgIpc) is 2.78. The van der Waals surface area contributed by atoms with Crippen molar-refractivity contribution < 1.29 is 23.0 Å². The summed E-state index contributed by atoms with van der Waals surface area (Å²) in [5.74, 6) is -0.140. The van der Waals surface area contributed by atoms with E-state index < -0.39 is 0 Å². The number of nitrogens with zero attached hydrogens (tertiary/aromatic N) is 1. The number of benzene rings is 2. The molecule has 1 aliphatic rings. The van der Waals surface area contributed by atoms with Crippen molar-refractivity contribution in [2.24, 2.45) is 5.92 Å². The molecule has 0 spiro atoms. The van der Waals surface area contributed by atoms with Crippen LogP contribution in [0, 0.1) is 17.6 Å². The van der Waals surface area contributed by atoms with Crippen molar-refractivity contribution in [1.82, 2.24) is 4.90 Å². The zero-order chi connectivity index (χ0) is 22.1. The van der Waals surface area contributed by atoms with Gasteiger partial charge in [-0.2, -0.15) is 0 Å². The van der Waals surface area contributed by atoms with Gasteiger partial charge in [0.05, 0.1) is 13.2 Å². The lowest BCUT2D eigenvalue weighted by atomic mass is 9.92. The van der Waals surface area contributed by atoms with Gasteiger partial charge in [0.1, 0.15) is 17.7 Å². The summed E-state index contributed by atoms with van der Waals surface area (Å²) in [6.45, 7) is 5.54. The minimum atomic E-state index is -0.372. The summed E-state index contributed by atoms with van der Waals surface area (Å²) in [5, 5.41) is 0. The number of hydrogen-bond acceptors (Lipinski definition) is 4. The van der Waals surface area contributed by atoms with E-state index >= 15 is 0 Å². The zero-order valence-electron chi connectivity index (χ0n) is 18.1. The highest BCUT2D eigenvalue weighted by Gasteiger charge is 2.21. The topological polar surface area (TPSA) is 38.8 Å². The number of piperidine rings is 1. The van der Waals surface area contributed by atoms with E-state index in [1.54, 1.807) is 24.3 Å². The number of rotatable bonds is 10. The maximum Gasteiger partial charge on any atom is 0.305 e. The van der Waals surface area contributed by atoms with Gasteiger partial charge in [-0.3, -0.25) is 4.79 Å². The van der Waals surface area contributed by atoms with Gasteiger partial charge in [-0.25, -0.2) is 8.78 Å². The van der Waals surface area contributed by atoms with Crippen LogP contribution in [0.5, 0.6) is 0 Å². The lowest BCUT2D eigenvalue weighted by molar-refractivity contribution is -0.143. The number of esters is 1. The lowest BCUT2D eigenvalue weighted by Gasteiger charge is -2.32. The molecule has 0 N–H and O–H groups in total. The third kappa shape index (κ3) is 7.40. The van der Waals surface area contributed by atoms with Crippen LogP contribution in [0.1, 0.15) is 49.8 Å². The molecule has 0 radical (unpaired) electrons. The minimum absolute atomic E-state index is 0.106. The van der Waals surface area contributed by atoms with E-state index in [1.165, 1.54) is 24.3 Å². The van der Waals surface area contributed by atoms with E-state index in [0.29, 0.717) is 25.6 Å². The fraction of sp³-hybridized carbons (Fsp3) is 0.480. The summed E-state index contributed by atoms with van der Waals surface area (Å²) >= 11 is 0. The van der Waals surface area contributed by atoms with E-state index in [2.05, 4.69) is 4.90 Å². The Morgan fingerprint density at radius 3 is 2.06 bits per heavy atom. The van der Waals surface area contributed by atoms with E-state index in [-0.39, 0.29) is 23.7 Å². The van der Waals surface area contributed by atoms with E-state index in [9.17, 15) is 13.6 Å². The van der Waals surface area contributed by atoms with Gasteiger partial charge >= 0.3 is 5.97 Å². The first-order chi connectivity index (χ1) is 15.0. The maximum atomic E-state index is 13.3. The molecule has 4 nitrogen and oxygen atoms in total. The first-order valence-corrected chi connectivity index (χ1v) is 11.1. The van der Waals surface area contributed by atoms with Crippen LogP contribution in [0.15, 0.2) is 48.5 Å². The van der Waals surface area contributed by atoms with Gasteiger partial charge in [0.15, 0.2) is 0 Å². The van der Waals surface area contributed by atoms with Crippen molar-refractivity contribution in [1.29, 1.82) is 0 Å². The van der Waals surface area contributed by atoms with Crippen LogP contribution in [0.3, 0.4) is 0 Å². The number of likely N-dealkylation sites (tertiary alicyclic amines) is 1. The van der Waals surface area contributed by atoms with Crippen molar-refractivity contribution in [2.75, 3.05) is 32.8 Å². The highest BCUT2D eigenvalue weighted by Crippen LogP contribution is 2.27. The molecule has 0 aromatic heterocycles. The summed E-state index contributed by atoms with van der Waals surface area (Å²) in [7, 11) is 0. The number of ether oxygens (including phenoxy) is 2. The van der Waals surface area contributed by atoms with Crippen LogP contribution < -0.4 is 0 Å². The molecular weight excluding hydrogens is 400 g/mol. The van der Waals surface area contributed by atoms with Crippen LogP contribution in [0.25, 0.3) is 0 Å². The Morgan fingerprint density at radius 2 is 1.55 bits per heavy atom. The van der Waals surface area contributed by atoms with Crippen molar-refractivity contribution in [3.8, 4) is 0 Å². The van der Waals surface area contributed by atoms with Crippen molar-refractivity contribution >= 4 is 5.97 Å². The van der Waals surface area contributed by atoms with Gasteiger partial charge in [0.25, 0.3) is 0 Å². The zero-order valence-corrected chi connectivity index (χ0v) is 18.1. The third-order valence-electron chi connectivity index (χ3n) is 5.81. The fourth-order valence-corrected chi connectivity index (χ4v) is 4.01. The molecule has 1 aliphatic heterocycles. The summed E-state index contributed by atoms with van der Waals surface area (Å²) in [5.41, 5.74) is 1.68. The molecule has 0 bridgehead atoms. The molecule has 1 heterocycles. The number of carbonyl (C=O) groups is 1. The average molecular weight is 432 g/mol. The van der Waals surface area contributed by atoms with Crippen molar-refractivity contribution in [2.45, 2.75) is 38.7 Å². The third-order valence-corrected chi connectivity index (χ3v) is 5.81. The predicted molar refractivity (Wildman–Crippen MR) is 116 cm³/mol. The molecule has 1 fully saturated rings. The number of hydrogen-bond donors (Lipinski definition) is 0. The Bertz CT molecular complexity index is 757. The normalized spacial score (nSPS) is 15.4. The summed E-state index contributed by atoms with van der Waals surface area (Å²) in [6, 6.07) is 12.5. The second-order valence-electron chi connectivity index (χ2n) is 7.98. The molecule has 3 rings (SSSR count). The van der Waals surface area contributed by atoms with E-state index in [0.717, 1.165) is 50.0 Å². The highest BCUT2D eigenvalue weighted by atomic mass is 19.1. The first-order valence-electron chi connectivity index (χ1n) is 11.1. The quantitative estimate of drug-likeness (QED) is 0.489. The largest absolute Gasteiger partial charge is 0.466 e. The Balaban J connectivity index is 1.48. The molecule has 2 aromatic rings. The molecule has 31 heavy (non-hydrogen) atoms. The van der Waals surface area contributed by atoms with Gasteiger partial charge in [-0.15, -0.1) is 0 Å². The Morgan fingerprint density at radius 1 is 1.00 bits per heavy atom. The lowest BCUT2D eigenvalue weighted by Crippen LogP contribution is -2.36. The predicted octanol–water partition coefficient (Wildman–Crippen LogP) is 5.13. The van der Waals surface area contributed by atoms with E-state index in [1.807, 2.05) is 6.92 Å². The minimum Gasteiger partial charge on any atom is -0.466 e. The standard InChI is InChI=1S/C25H31F2NO3/c1-2-30-24(29)12-3-19-13-15-28(16-14-19)17-18-31-25(20-4-8-22(26)9-5-20)21-6-10-23(27)11-7-21/h4-11,19,25H,2-3,12-18H2,1H3. The van der Waals surface area contributed by atoms with Crippen molar-refractivity contribution in [3.05, 3.63) is 71.3 Å². The van der Waals surface area contributed by atoms with Crippen LogP contribution in [-0.2, 0) is 14.3 Å². The Labute approximate surface area is 183 Å². The molecule has 6 heteroatoms. The molecule has 2 aromatic carbocycles. The summed E-state index contributed by atoms with van der Waals surface area (Å²) in [4.78, 5) is 13.9. The van der Waals surface area contributed by atoms with Gasteiger partial charge < -0.3 is 14.4 Å². The van der Waals surface area contributed by atoms with Crippen LogP contribution in [0.2, 0.25) is 0 Å². The summed E-state index contributed by atoms with van der Waals surface area (Å²) < 4.78 is 37.9. The number of halogens is 2. The Kier molecular flexibility index (Phi) is 8.98.